The Morgan fingerprint density at radius 2 is 1.77 bits per heavy atom. The van der Waals surface area contributed by atoms with Crippen molar-refractivity contribution in [1.29, 1.82) is 0 Å². The number of benzene rings is 1. The van der Waals surface area contributed by atoms with E-state index in [4.69, 9.17) is 0 Å². The second kappa shape index (κ2) is 5.48. The first-order valence-corrected chi connectivity index (χ1v) is 8.56. The second-order valence-electron chi connectivity index (χ2n) is 7.03. The van der Waals surface area contributed by atoms with Crippen LogP contribution in [0.2, 0.25) is 0 Å². The van der Waals surface area contributed by atoms with Crippen LogP contribution in [-0.2, 0) is 4.79 Å². The third-order valence-corrected chi connectivity index (χ3v) is 4.98. The van der Waals surface area contributed by atoms with Crippen LogP contribution in [-0.4, -0.2) is 68.2 Å². The Kier molecular flexibility index (Phi) is 3.47. The molecule has 2 aliphatic rings. The number of anilines is 1. The minimum absolute atomic E-state index is 0.0188. The zero-order chi connectivity index (χ0) is 18.7. The van der Waals surface area contributed by atoms with Crippen LogP contribution in [0.5, 0.6) is 0 Å². The normalized spacial score (nSPS) is 19.5. The summed E-state index contributed by atoms with van der Waals surface area (Å²) in [5.41, 5.74) is 2.03. The smallest absolute Gasteiger partial charge is 0.303 e. The molecule has 8 nitrogen and oxygen atoms in total. The Morgan fingerprint density at radius 3 is 2.38 bits per heavy atom. The van der Waals surface area contributed by atoms with E-state index in [1.807, 2.05) is 54.5 Å². The molecule has 0 N–H and O–H groups in total. The predicted octanol–water partition coefficient (Wildman–Crippen LogP) is 1.33. The van der Waals surface area contributed by atoms with Gasteiger partial charge in [0, 0.05) is 11.6 Å². The van der Waals surface area contributed by atoms with Crippen molar-refractivity contribution in [2.45, 2.75) is 32.9 Å². The number of carbonyl (C=O) groups excluding carboxylic acids is 2. The molecular formula is C18H21N6O2+. The molecule has 0 aliphatic carbocycles. The maximum atomic E-state index is 12.9. The summed E-state index contributed by atoms with van der Waals surface area (Å²) in [6.07, 6.45) is 0. The topological polar surface area (TPSA) is 74.3 Å². The molecule has 8 heteroatoms. The highest BCUT2D eigenvalue weighted by molar-refractivity contribution is 6.19. The van der Waals surface area contributed by atoms with Crippen LogP contribution in [0.1, 0.15) is 19.4 Å². The standard InChI is InChI=1S/C18H21N6O2/c1-10(2)23-13-15(21(4)18(26)22(5)16(13)25)24-14(19-20-17(23)24)12-8-6-11(3)7-9-12/h6-10,13H,1-5H3/q+1. The molecule has 134 valence electrons. The molecule has 0 saturated carbocycles. The molecule has 3 heterocycles. The molecule has 0 bridgehead atoms. The van der Waals surface area contributed by atoms with Crippen LogP contribution in [0.15, 0.2) is 24.3 Å². The summed E-state index contributed by atoms with van der Waals surface area (Å²) in [5, 5.41) is 8.70. The van der Waals surface area contributed by atoms with Gasteiger partial charge in [0.15, 0.2) is 0 Å². The average Bonchev–Trinajstić information content (AvgIpc) is 3.16. The summed E-state index contributed by atoms with van der Waals surface area (Å²) >= 11 is 0. The first-order valence-electron chi connectivity index (χ1n) is 8.56. The van der Waals surface area contributed by atoms with Gasteiger partial charge in [-0.25, -0.2) is 9.37 Å². The summed E-state index contributed by atoms with van der Waals surface area (Å²) in [7, 11) is 3.19. The van der Waals surface area contributed by atoms with E-state index in [1.54, 1.807) is 7.05 Å². The number of likely N-dealkylation sites (N-methyl/N-ethyl adjacent to an activating group) is 1. The average molecular weight is 353 g/mol. The quantitative estimate of drug-likeness (QED) is 0.762. The summed E-state index contributed by atoms with van der Waals surface area (Å²) in [5.74, 6) is 1.54. The largest absolute Gasteiger partial charge is 0.445 e. The highest BCUT2D eigenvalue weighted by Crippen LogP contribution is 2.34. The number of nitrogens with zero attached hydrogens (tertiary/aromatic N) is 6. The SMILES string of the molecule is Cc1ccc(-c2nnc3n2C2=[N+](C)C(=O)N(C)C(=O)C2N3C(C)C)cc1. The lowest BCUT2D eigenvalue weighted by molar-refractivity contribution is -0.407. The van der Waals surface area contributed by atoms with Gasteiger partial charge in [-0.2, -0.15) is 9.47 Å². The van der Waals surface area contributed by atoms with Crippen molar-refractivity contribution in [3.05, 3.63) is 29.8 Å². The molecular weight excluding hydrogens is 332 g/mol. The zero-order valence-corrected chi connectivity index (χ0v) is 15.5. The summed E-state index contributed by atoms with van der Waals surface area (Å²) < 4.78 is 3.34. The van der Waals surface area contributed by atoms with Gasteiger partial charge in [-0.3, -0.25) is 4.79 Å². The van der Waals surface area contributed by atoms with Crippen LogP contribution in [0.3, 0.4) is 0 Å². The number of rotatable bonds is 2. The molecule has 26 heavy (non-hydrogen) atoms. The van der Waals surface area contributed by atoms with Crippen molar-refractivity contribution in [2.75, 3.05) is 19.0 Å². The Balaban J connectivity index is 1.99. The summed E-state index contributed by atoms with van der Waals surface area (Å²) in [6, 6.07) is 7.02. The predicted molar refractivity (Wildman–Crippen MR) is 96.4 cm³/mol. The van der Waals surface area contributed by atoms with Crippen LogP contribution < -0.4 is 4.90 Å². The fourth-order valence-corrected chi connectivity index (χ4v) is 3.60. The highest BCUT2D eigenvalue weighted by atomic mass is 16.2. The molecule has 1 aromatic heterocycles. The van der Waals surface area contributed by atoms with Crippen molar-refractivity contribution in [1.82, 2.24) is 19.7 Å². The number of carbonyl (C=O) groups is 2. The van der Waals surface area contributed by atoms with E-state index < -0.39 is 6.04 Å². The van der Waals surface area contributed by atoms with Gasteiger partial charge in [0.25, 0.3) is 5.95 Å². The van der Waals surface area contributed by atoms with Crippen LogP contribution in [0.25, 0.3) is 11.4 Å². The molecule has 4 rings (SSSR count). The molecule has 0 fully saturated rings. The third-order valence-electron chi connectivity index (χ3n) is 4.98. The molecule has 1 aromatic carbocycles. The minimum atomic E-state index is -0.586. The van der Waals surface area contributed by atoms with E-state index >= 15 is 0 Å². The fourth-order valence-electron chi connectivity index (χ4n) is 3.60. The van der Waals surface area contributed by atoms with Gasteiger partial charge in [0.2, 0.25) is 17.7 Å². The monoisotopic (exact) mass is 353 g/mol. The van der Waals surface area contributed by atoms with E-state index in [0.717, 1.165) is 16.0 Å². The Bertz CT molecular complexity index is 957. The van der Waals surface area contributed by atoms with Gasteiger partial charge in [-0.05, 0) is 32.9 Å². The van der Waals surface area contributed by atoms with E-state index in [2.05, 4.69) is 10.2 Å². The lowest BCUT2D eigenvalue weighted by Gasteiger charge is -2.29. The molecule has 2 aromatic rings. The van der Waals surface area contributed by atoms with E-state index in [9.17, 15) is 9.59 Å². The molecule has 1 unspecified atom stereocenters. The van der Waals surface area contributed by atoms with Gasteiger partial charge in [0.05, 0.1) is 14.1 Å². The molecule has 1 atom stereocenters. The maximum Gasteiger partial charge on any atom is 0.445 e. The zero-order valence-electron chi connectivity index (χ0n) is 15.5. The molecule has 0 radical (unpaired) electrons. The van der Waals surface area contributed by atoms with Crippen LogP contribution >= 0.6 is 0 Å². The Hall–Kier alpha value is -3.03. The lowest BCUT2D eigenvalue weighted by atomic mass is 10.1. The second-order valence-corrected chi connectivity index (χ2v) is 7.03. The molecule has 2 aliphatic heterocycles. The lowest BCUT2D eigenvalue weighted by Crippen LogP contribution is -2.60. The van der Waals surface area contributed by atoms with Crippen LogP contribution in [0, 0.1) is 6.92 Å². The first-order chi connectivity index (χ1) is 12.3. The van der Waals surface area contributed by atoms with Crippen molar-refractivity contribution >= 4 is 23.7 Å². The number of hydrogen-bond donors (Lipinski definition) is 0. The van der Waals surface area contributed by atoms with Crippen molar-refractivity contribution < 1.29 is 14.2 Å². The van der Waals surface area contributed by atoms with E-state index in [-0.39, 0.29) is 18.0 Å². The highest BCUT2D eigenvalue weighted by Gasteiger charge is 2.56. The molecule has 3 amide bonds. The number of aromatic nitrogens is 3. The number of fused-ring (bicyclic) bond motifs is 3. The third kappa shape index (κ3) is 2.04. The van der Waals surface area contributed by atoms with Crippen molar-refractivity contribution in [2.24, 2.45) is 0 Å². The number of urea groups is 1. The number of amides is 3. The maximum absolute atomic E-state index is 12.9. The number of hydrogen-bond acceptors (Lipinski definition) is 5. The van der Waals surface area contributed by atoms with E-state index in [0.29, 0.717) is 17.6 Å². The fraction of sp³-hybridized carbons (Fsp3) is 0.389. The van der Waals surface area contributed by atoms with Gasteiger partial charge >= 0.3 is 11.9 Å². The number of aryl methyl sites for hydroxylation is 1. The van der Waals surface area contributed by atoms with Crippen molar-refractivity contribution in [3.63, 3.8) is 0 Å². The molecule has 0 spiro atoms. The van der Waals surface area contributed by atoms with Crippen LogP contribution in [0.4, 0.5) is 10.7 Å². The number of imide groups is 1. The van der Waals surface area contributed by atoms with Gasteiger partial charge in [-0.1, -0.05) is 22.8 Å². The summed E-state index contributed by atoms with van der Waals surface area (Å²) in [4.78, 5) is 28.5. The molecule has 0 saturated heterocycles. The Labute approximate surface area is 151 Å². The van der Waals surface area contributed by atoms with Crippen molar-refractivity contribution in [3.8, 4) is 11.4 Å². The van der Waals surface area contributed by atoms with Gasteiger partial charge in [0.1, 0.15) is 0 Å². The Morgan fingerprint density at radius 1 is 1.12 bits per heavy atom. The summed E-state index contributed by atoms with van der Waals surface area (Å²) in [6.45, 7) is 6.01. The van der Waals surface area contributed by atoms with Gasteiger partial charge < -0.3 is 4.90 Å². The van der Waals surface area contributed by atoms with Gasteiger partial charge in [-0.15, -0.1) is 5.10 Å². The van der Waals surface area contributed by atoms with E-state index in [1.165, 1.54) is 11.6 Å². The minimum Gasteiger partial charge on any atom is -0.303 e. The first kappa shape index (κ1) is 16.4.